The first-order valence-corrected chi connectivity index (χ1v) is 4.75. The molecule has 0 bridgehead atoms. The second-order valence-corrected chi connectivity index (χ2v) is 3.30. The van der Waals surface area contributed by atoms with Gasteiger partial charge in [-0.1, -0.05) is 6.92 Å². The number of halogens is 3. The molecule has 0 saturated heterocycles. The number of carbonyl (C=O) groups is 1. The van der Waals surface area contributed by atoms with E-state index in [0.29, 0.717) is 0 Å². The maximum absolute atomic E-state index is 11.7. The molecule has 7 heteroatoms. The van der Waals surface area contributed by atoms with Crippen LogP contribution in [0.2, 0.25) is 0 Å². The van der Waals surface area contributed by atoms with Crippen LogP contribution in [0.3, 0.4) is 0 Å². The van der Waals surface area contributed by atoms with Gasteiger partial charge < -0.3 is 19.4 Å². The first kappa shape index (κ1) is 15.2. The molecule has 0 heterocycles. The van der Waals surface area contributed by atoms with Crippen molar-refractivity contribution in [1.82, 2.24) is 0 Å². The van der Waals surface area contributed by atoms with Crippen molar-refractivity contribution in [3.63, 3.8) is 0 Å². The molecular weight excluding hydrogens is 229 g/mol. The van der Waals surface area contributed by atoms with E-state index in [-0.39, 0.29) is 13.2 Å². The van der Waals surface area contributed by atoms with E-state index < -0.39 is 30.8 Å². The zero-order chi connectivity index (χ0) is 12.8. The average molecular weight is 243 g/mol. The highest BCUT2D eigenvalue weighted by Gasteiger charge is 2.28. The van der Waals surface area contributed by atoms with Gasteiger partial charge in [0.1, 0.15) is 12.7 Å². The van der Waals surface area contributed by atoms with Gasteiger partial charge in [0, 0.05) is 12.5 Å². The summed E-state index contributed by atoms with van der Waals surface area (Å²) in [6.07, 6.45) is -5.67. The highest BCUT2D eigenvalue weighted by Crippen LogP contribution is 2.16. The van der Waals surface area contributed by atoms with Crippen molar-refractivity contribution in [3.8, 4) is 0 Å². The Kier molecular flexibility index (Phi) is 6.35. The summed E-state index contributed by atoms with van der Waals surface area (Å²) in [6.45, 7) is 1.40. The third-order valence-corrected chi connectivity index (χ3v) is 1.74. The normalized spacial score (nSPS) is 15.8. The van der Waals surface area contributed by atoms with Crippen LogP contribution in [-0.4, -0.2) is 38.1 Å². The van der Waals surface area contributed by atoms with E-state index in [0.717, 1.165) is 0 Å². The molecule has 2 unspecified atom stereocenters. The molecule has 96 valence electrons. The van der Waals surface area contributed by atoms with E-state index in [1.807, 2.05) is 0 Å². The number of hydrogen-bond donors (Lipinski definition) is 0. The third-order valence-electron chi connectivity index (χ3n) is 1.74. The van der Waals surface area contributed by atoms with E-state index in [1.54, 1.807) is 6.92 Å². The fourth-order valence-electron chi connectivity index (χ4n) is 1.09. The van der Waals surface area contributed by atoms with Gasteiger partial charge in [0.25, 0.3) is 0 Å². The van der Waals surface area contributed by atoms with Crippen LogP contribution in [0.4, 0.5) is 13.2 Å². The molecule has 0 aromatic rings. The van der Waals surface area contributed by atoms with Crippen LogP contribution in [-0.2, 0) is 14.3 Å². The van der Waals surface area contributed by atoms with Gasteiger partial charge in [-0.05, 0) is 6.92 Å². The molecule has 0 amide bonds. The molecule has 0 fully saturated rings. The first-order valence-electron chi connectivity index (χ1n) is 4.75. The zero-order valence-electron chi connectivity index (χ0n) is 9.04. The average Bonchev–Trinajstić information content (AvgIpc) is 2.11. The molecule has 16 heavy (non-hydrogen) atoms. The minimum atomic E-state index is -4.41. The van der Waals surface area contributed by atoms with Gasteiger partial charge in [0.05, 0.1) is 12.6 Å². The van der Waals surface area contributed by atoms with Gasteiger partial charge in [0.2, 0.25) is 0 Å². The van der Waals surface area contributed by atoms with Crippen LogP contribution in [0.1, 0.15) is 13.8 Å². The molecule has 0 aromatic carbocycles. The standard InChI is InChI=1S/C9H15F3O4/c1-3-16-7(8(13)14)6(2)4-15-5-9(10,11)12/h6-7H,3-5H2,1-2H3,(H,13,14)/p-1. The fourth-order valence-corrected chi connectivity index (χ4v) is 1.09. The van der Waals surface area contributed by atoms with E-state index in [2.05, 4.69) is 4.74 Å². The summed E-state index contributed by atoms with van der Waals surface area (Å²) in [5.41, 5.74) is 0. The van der Waals surface area contributed by atoms with Gasteiger partial charge in [-0.3, -0.25) is 0 Å². The molecule has 0 aliphatic rings. The van der Waals surface area contributed by atoms with Gasteiger partial charge in [-0.15, -0.1) is 0 Å². The molecule has 0 saturated carbocycles. The molecule has 0 N–H and O–H groups in total. The maximum Gasteiger partial charge on any atom is 0.411 e. The van der Waals surface area contributed by atoms with Crippen molar-refractivity contribution in [2.45, 2.75) is 26.1 Å². The summed E-state index contributed by atoms with van der Waals surface area (Å²) in [7, 11) is 0. The smallest absolute Gasteiger partial charge is 0.411 e. The number of alkyl halides is 3. The van der Waals surface area contributed by atoms with E-state index in [1.165, 1.54) is 6.92 Å². The Balaban J connectivity index is 4.01. The Morgan fingerprint density at radius 1 is 1.44 bits per heavy atom. The van der Waals surface area contributed by atoms with Crippen LogP contribution < -0.4 is 5.11 Å². The minimum absolute atomic E-state index is 0.141. The highest BCUT2D eigenvalue weighted by molar-refractivity contribution is 5.70. The van der Waals surface area contributed by atoms with Crippen molar-refractivity contribution < 1.29 is 32.5 Å². The lowest BCUT2D eigenvalue weighted by Crippen LogP contribution is -2.43. The Labute approximate surface area is 91.3 Å². The summed E-state index contributed by atoms with van der Waals surface area (Å²) in [5, 5.41) is 10.6. The third kappa shape index (κ3) is 6.62. The maximum atomic E-state index is 11.7. The summed E-state index contributed by atoms with van der Waals surface area (Å²) < 4.78 is 44.4. The van der Waals surface area contributed by atoms with E-state index in [4.69, 9.17) is 4.74 Å². The Morgan fingerprint density at radius 2 is 2.00 bits per heavy atom. The lowest BCUT2D eigenvalue weighted by atomic mass is 10.1. The Bertz CT molecular complexity index is 217. The monoisotopic (exact) mass is 243 g/mol. The van der Waals surface area contributed by atoms with E-state index in [9.17, 15) is 23.1 Å². The Hall–Kier alpha value is -0.820. The van der Waals surface area contributed by atoms with Crippen molar-refractivity contribution in [1.29, 1.82) is 0 Å². The highest BCUT2D eigenvalue weighted by atomic mass is 19.4. The predicted molar refractivity (Wildman–Crippen MR) is 46.5 cm³/mol. The molecule has 0 radical (unpaired) electrons. The summed E-state index contributed by atoms with van der Waals surface area (Å²) >= 11 is 0. The molecule has 0 spiro atoms. The molecule has 0 aliphatic heterocycles. The Morgan fingerprint density at radius 3 is 2.38 bits per heavy atom. The van der Waals surface area contributed by atoms with Gasteiger partial charge in [0.15, 0.2) is 0 Å². The van der Waals surface area contributed by atoms with Gasteiger partial charge in [-0.2, -0.15) is 13.2 Å². The van der Waals surface area contributed by atoms with Crippen molar-refractivity contribution in [2.24, 2.45) is 5.92 Å². The summed E-state index contributed by atoms with van der Waals surface area (Å²) in [5.74, 6) is -2.16. The number of hydrogen-bond acceptors (Lipinski definition) is 4. The lowest BCUT2D eigenvalue weighted by molar-refractivity contribution is -0.319. The van der Waals surface area contributed by atoms with Gasteiger partial charge >= 0.3 is 6.18 Å². The van der Waals surface area contributed by atoms with Gasteiger partial charge in [-0.25, -0.2) is 0 Å². The number of carbonyl (C=O) groups excluding carboxylic acids is 1. The van der Waals surface area contributed by atoms with Crippen LogP contribution >= 0.6 is 0 Å². The molecule has 0 aliphatic carbocycles. The van der Waals surface area contributed by atoms with Crippen LogP contribution in [0.25, 0.3) is 0 Å². The minimum Gasteiger partial charge on any atom is -0.547 e. The lowest BCUT2D eigenvalue weighted by Gasteiger charge is -2.24. The van der Waals surface area contributed by atoms with Crippen molar-refractivity contribution in [3.05, 3.63) is 0 Å². The van der Waals surface area contributed by atoms with Crippen LogP contribution in [0.5, 0.6) is 0 Å². The van der Waals surface area contributed by atoms with Crippen molar-refractivity contribution >= 4 is 5.97 Å². The van der Waals surface area contributed by atoms with Crippen molar-refractivity contribution in [2.75, 3.05) is 19.8 Å². The number of ether oxygens (including phenoxy) is 2. The molecule has 0 rings (SSSR count). The molecule has 2 atom stereocenters. The summed E-state index contributed by atoms with van der Waals surface area (Å²) in [6, 6.07) is 0. The number of carboxylic acid groups (broad SMARTS) is 1. The number of rotatable bonds is 7. The number of aliphatic carboxylic acids is 1. The fraction of sp³-hybridized carbons (Fsp3) is 0.889. The van der Waals surface area contributed by atoms with Crippen LogP contribution in [0.15, 0.2) is 0 Å². The number of carboxylic acids is 1. The molecular formula is C9H14F3O4-. The first-order chi connectivity index (χ1) is 7.28. The zero-order valence-corrected chi connectivity index (χ0v) is 9.04. The summed E-state index contributed by atoms with van der Waals surface area (Å²) in [4.78, 5) is 10.6. The van der Waals surface area contributed by atoms with Crippen LogP contribution in [0, 0.1) is 5.92 Å². The van der Waals surface area contributed by atoms with E-state index >= 15 is 0 Å². The largest absolute Gasteiger partial charge is 0.547 e. The predicted octanol–water partition coefficient (Wildman–Crippen LogP) is 0.356. The quantitative estimate of drug-likeness (QED) is 0.647. The second-order valence-electron chi connectivity index (χ2n) is 3.30. The molecule has 4 nitrogen and oxygen atoms in total. The SMILES string of the molecule is CCOC(C(=O)[O-])C(C)COCC(F)(F)F. The topological polar surface area (TPSA) is 58.6 Å². The second kappa shape index (κ2) is 6.70. The molecule has 0 aromatic heterocycles.